The number of aliphatic hydroxyl groups is 1. The molecule has 0 saturated carbocycles. The van der Waals surface area contributed by atoms with Crippen molar-refractivity contribution in [1.82, 2.24) is 10.6 Å². The van der Waals surface area contributed by atoms with E-state index in [1.165, 1.54) is 18.2 Å². The van der Waals surface area contributed by atoms with Crippen LogP contribution in [0.4, 0.5) is 5.69 Å². The number of sulfonamides is 1. The van der Waals surface area contributed by atoms with Crippen molar-refractivity contribution in [3.63, 3.8) is 0 Å². The van der Waals surface area contributed by atoms with E-state index < -0.39 is 21.7 Å². The molecule has 0 aliphatic heterocycles. The summed E-state index contributed by atoms with van der Waals surface area (Å²) in [5, 5.41) is 27.8. The molecule has 0 unspecified atom stereocenters. The lowest BCUT2D eigenvalue weighted by atomic mass is 9.93. The molecule has 0 aromatic heterocycles. The standard InChI is InChI=1S/C28H33Cl2N3O5S/c1-28(2,32-17-26(35)21-8-10-25(34)24(14-21)33-39(3,37)38)15-19-6-4-5-18(11-19)13-27(36)31-16-20-7-9-22(29)23(30)12-20/h4-12,14,26,32-35H,13,15-17H2,1-3H3,(H,31,36)/t26-/m1/s1. The summed E-state index contributed by atoms with van der Waals surface area (Å²) in [6.07, 6.45) is 0.913. The minimum Gasteiger partial charge on any atom is -0.506 e. The van der Waals surface area contributed by atoms with E-state index in [-0.39, 0.29) is 30.3 Å². The van der Waals surface area contributed by atoms with E-state index in [9.17, 15) is 23.4 Å². The first kappa shape index (κ1) is 30.7. The first-order chi connectivity index (χ1) is 18.2. The zero-order valence-electron chi connectivity index (χ0n) is 22.0. The minimum atomic E-state index is -3.58. The lowest BCUT2D eigenvalue weighted by Crippen LogP contribution is -2.43. The van der Waals surface area contributed by atoms with Crippen LogP contribution in [-0.4, -0.2) is 42.9 Å². The van der Waals surface area contributed by atoms with Gasteiger partial charge in [-0.25, -0.2) is 8.42 Å². The van der Waals surface area contributed by atoms with Gasteiger partial charge in [0.2, 0.25) is 15.9 Å². The Morgan fingerprint density at radius 3 is 2.38 bits per heavy atom. The molecule has 1 atom stereocenters. The van der Waals surface area contributed by atoms with Crippen LogP contribution < -0.4 is 15.4 Å². The average molecular weight is 595 g/mol. The summed E-state index contributed by atoms with van der Waals surface area (Å²) in [5.74, 6) is -0.343. The van der Waals surface area contributed by atoms with Crippen molar-refractivity contribution < 1.29 is 23.4 Å². The molecule has 5 N–H and O–H groups in total. The monoisotopic (exact) mass is 593 g/mol. The number of phenolic OH excluding ortho intramolecular Hbond substituents is 1. The molecule has 0 fully saturated rings. The second-order valence-electron chi connectivity index (χ2n) is 10.1. The smallest absolute Gasteiger partial charge is 0.229 e. The van der Waals surface area contributed by atoms with Gasteiger partial charge in [0.25, 0.3) is 0 Å². The Bertz CT molecular complexity index is 1430. The van der Waals surface area contributed by atoms with Crippen molar-refractivity contribution >= 4 is 44.8 Å². The van der Waals surface area contributed by atoms with Gasteiger partial charge in [0.1, 0.15) is 5.75 Å². The van der Waals surface area contributed by atoms with Gasteiger partial charge in [-0.3, -0.25) is 9.52 Å². The maximum atomic E-state index is 12.5. The van der Waals surface area contributed by atoms with Gasteiger partial charge in [-0.2, -0.15) is 0 Å². The molecule has 1 amide bonds. The van der Waals surface area contributed by atoms with Crippen LogP contribution in [-0.2, 0) is 34.2 Å². The Kier molecular flexibility index (Phi) is 10.3. The lowest BCUT2D eigenvalue weighted by Gasteiger charge is -2.28. The maximum absolute atomic E-state index is 12.5. The number of β-amino-alcohol motifs (C(OH)–C–C–N with tert-alkyl or cyclic N) is 1. The molecule has 0 bridgehead atoms. The number of carbonyl (C=O) groups is 1. The molecule has 39 heavy (non-hydrogen) atoms. The Balaban J connectivity index is 1.55. The van der Waals surface area contributed by atoms with Crippen molar-refractivity contribution in [3.05, 3.63) is 93.0 Å². The molecular weight excluding hydrogens is 561 g/mol. The highest BCUT2D eigenvalue weighted by Crippen LogP contribution is 2.28. The van der Waals surface area contributed by atoms with E-state index in [1.54, 1.807) is 12.1 Å². The van der Waals surface area contributed by atoms with Gasteiger partial charge >= 0.3 is 0 Å². The molecule has 3 aromatic rings. The third-order valence-electron chi connectivity index (χ3n) is 5.95. The summed E-state index contributed by atoms with van der Waals surface area (Å²) < 4.78 is 25.3. The van der Waals surface area contributed by atoms with Crippen LogP contribution in [0.1, 0.15) is 42.2 Å². The summed E-state index contributed by atoms with van der Waals surface area (Å²) in [6, 6.07) is 17.3. The number of phenols is 1. The highest BCUT2D eigenvalue weighted by Gasteiger charge is 2.21. The highest BCUT2D eigenvalue weighted by atomic mass is 35.5. The Morgan fingerprint density at radius 2 is 1.69 bits per heavy atom. The molecule has 210 valence electrons. The second-order valence-corrected chi connectivity index (χ2v) is 12.7. The van der Waals surface area contributed by atoms with Crippen LogP contribution in [0.15, 0.2) is 60.7 Å². The van der Waals surface area contributed by atoms with E-state index in [4.69, 9.17) is 23.2 Å². The molecule has 0 heterocycles. The summed E-state index contributed by atoms with van der Waals surface area (Å²) >= 11 is 12.0. The SMILES string of the molecule is CC(C)(Cc1cccc(CC(=O)NCc2ccc(Cl)c(Cl)c2)c1)NC[C@@H](O)c1ccc(O)c(NS(C)(=O)=O)c1. The molecule has 8 nitrogen and oxygen atoms in total. The second kappa shape index (κ2) is 13.0. The first-order valence-electron chi connectivity index (χ1n) is 12.2. The highest BCUT2D eigenvalue weighted by molar-refractivity contribution is 7.92. The summed E-state index contributed by atoms with van der Waals surface area (Å²) in [4.78, 5) is 12.5. The van der Waals surface area contributed by atoms with Crippen molar-refractivity contribution in [2.45, 2.75) is 44.9 Å². The number of aromatic hydroxyl groups is 1. The van der Waals surface area contributed by atoms with Gasteiger partial charge in [-0.15, -0.1) is 0 Å². The molecule has 0 saturated heterocycles. The number of anilines is 1. The number of nitrogens with one attached hydrogen (secondary N) is 3. The summed E-state index contributed by atoms with van der Waals surface area (Å²) in [6.45, 7) is 4.56. The zero-order chi connectivity index (χ0) is 28.8. The maximum Gasteiger partial charge on any atom is 0.229 e. The van der Waals surface area contributed by atoms with Gasteiger partial charge in [0, 0.05) is 18.6 Å². The molecule has 0 spiro atoms. The van der Waals surface area contributed by atoms with Crippen LogP contribution in [0.5, 0.6) is 5.75 Å². The van der Waals surface area contributed by atoms with Gasteiger partial charge < -0.3 is 20.8 Å². The normalized spacial score (nSPS) is 12.7. The van der Waals surface area contributed by atoms with Gasteiger partial charge in [0.05, 0.1) is 34.5 Å². The predicted molar refractivity (Wildman–Crippen MR) is 156 cm³/mol. The van der Waals surface area contributed by atoms with Gasteiger partial charge in [0.15, 0.2) is 0 Å². The molecule has 0 aliphatic rings. The molecule has 3 aromatic carbocycles. The van der Waals surface area contributed by atoms with E-state index in [0.29, 0.717) is 28.6 Å². The number of halogens is 2. The number of carbonyl (C=O) groups excluding carboxylic acids is 1. The Labute approximate surface area is 239 Å². The predicted octanol–water partition coefficient (Wildman–Crippen LogP) is 4.57. The number of hydrogen-bond donors (Lipinski definition) is 5. The quantitative estimate of drug-likeness (QED) is 0.196. The topological polar surface area (TPSA) is 128 Å². The summed E-state index contributed by atoms with van der Waals surface area (Å²) in [7, 11) is -3.58. The fourth-order valence-corrected chi connectivity index (χ4v) is 4.94. The molecule has 11 heteroatoms. The number of hydrogen-bond acceptors (Lipinski definition) is 6. The van der Waals surface area contributed by atoms with E-state index in [2.05, 4.69) is 15.4 Å². The number of benzene rings is 3. The average Bonchev–Trinajstić information content (AvgIpc) is 2.84. The van der Waals surface area contributed by atoms with Crippen molar-refractivity contribution in [3.8, 4) is 5.75 Å². The van der Waals surface area contributed by atoms with Crippen molar-refractivity contribution in [2.24, 2.45) is 0 Å². The van der Waals surface area contributed by atoms with Crippen LogP contribution in [0.2, 0.25) is 10.0 Å². The Hall–Kier alpha value is -2.82. The van der Waals surface area contributed by atoms with E-state index in [1.807, 2.05) is 44.2 Å². The van der Waals surface area contributed by atoms with Crippen LogP contribution in [0, 0.1) is 0 Å². The minimum absolute atomic E-state index is 0.00567. The molecular formula is C28H33Cl2N3O5S. The summed E-state index contributed by atoms with van der Waals surface area (Å²) in [5.41, 5.74) is 2.82. The molecule has 0 aliphatic carbocycles. The Morgan fingerprint density at radius 1 is 0.974 bits per heavy atom. The van der Waals surface area contributed by atoms with E-state index in [0.717, 1.165) is 22.9 Å². The number of rotatable bonds is 12. The van der Waals surface area contributed by atoms with E-state index >= 15 is 0 Å². The number of aliphatic hydroxyl groups excluding tert-OH is 1. The van der Waals surface area contributed by atoms with Crippen molar-refractivity contribution in [1.29, 1.82) is 0 Å². The zero-order valence-corrected chi connectivity index (χ0v) is 24.3. The number of amides is 1. The first-order valence-corrected chi connectivity index (χ1v) is 14.9. The largest absolute Gasteiger partial charge is 0.506 e. The fourth-order valence-electron chi connectivity index (χ4n) is 4.05. The van der Waals surface area contributed by atoms with Crippen LogP contribution in [0.25, 0.3) is 0 Å². The van der Waals surface area contributed by atoms with Gasteiger partial charge in [-0.1, -0.05) is 59.6 Å². The van der Waals surface area contributed by atoms with Crippen LogP contribution >= 0.6 is 23.2 Å². The van der Waals surface area contributed by atoms with Gasteiger partial charge in [-0.05, 0) is 66.8 Å². The fraction of sp³-hybridized carbons (Fsp3) is 0.321. The van der Waals surface area contributed by atoms with Crippen molar-refractivity contribution in [2.75, 3.05) is 17.5 Å². The third kappa shape index (κ3) is 10.0. The molecule has 3 rings (SSSR count). The lowest BCUT2D eigenvalue weighted by molar-refractivity contribution is -0.120. The molecule has 0 radical (unpaired) electrons. The third-order valence-corrected chi connectivity index (χ3v) is 7.28. The van der Waals surface area contributed by atoms with Crippen LogP contribution in [0.3, 0.4) is 0 Å².